The number of sulfone groups is 1. The number of anilines is 3. The van der Waals surface area contributed by atoms with Crippen molar-refractivity contribution < 1.29 is 8.42 Å². The van der Waals surface area contributed by atoms with Crippen LogP contribution in [0.4, 0.5) is 16.6 Å². The van der Waals surface area contributed by atoms with Gasteiger partial charge in [-0.3, -0.25) is 4.99 Å². The molecule has 1 saturated heterocycles. The molecule has 0 saturated carbocycles. The van der Waals surface area contributed by atoms with Gasteiger partial charge in [-0.05, 0) is 57.1 Å². The van der Waals surface area contributed by atoms with Crippen LogP contribution < -0.4 is 16.8 Å². The van der Waals surface area contributed by atoms with Crippen LogP contribution in [0.3, 0.4) is 0 Å². The zero-order valence-corrected chi connectivity index (χ0v) is 21.3. The van der Waals surface area contributed by atoms with E-state index in [-0.39, 0.29) is 5.75 Å². The van der Waals surface area contributed by atoms with Crippen LogP contribution >= 0.6 is 11.3 Å². The van der Waals surface area contributed by atoms with E-state index in [1.807, 2.05) is 0 Å². The van der Waals surface area contributed by atoms with E-state index in [1.54, 1.807) is 24.4 Å². The highest BCUT2D eigenvalue weighted by molar-refractivity contribution is 7.90. The van der Waals surface area contributed by atoms with Crippen LogP contribution in [-0.2, 0) is 15.6 Å². The summed E-state index contributed by atoms with van der Waals surface area (Å²) < 4.78 is 22.9. The first-order chi connectivity index (χ1) is 16.8. The van der Waals surface area contributed by atoms with Gasteiger partial charge >= 0.3 is 0 Å². The summed E-state index contributed by atoms with van der Waals surface area (Å²) in [5.41, 5.74) is 13.9. The quantitative estimate of drug-likeness (QED) is 0.177. The molecule has 3 heterocycles. The number of likely N-dealkylation sites (tertiary alicyclic amines) is 1. The van der Waals surface area contributed by atoms with Crippen molar-refractivity contribution in [2.75, 3.05) is 43.5 Å². The molecule has 0 atom stereocenters. The highest BCUT2D eigenvalue weighted by Gasteiger charge is 2.12. The second kappa shape index (κ2) is 12.4. The second-order valence-corrected chi connectivity index (χ2v) is 11.3. The van der Waals surface area contributed by atoms with Crippen molar-refractivity contribution in [3.05, 3.63) is 40.2 Å². The molecule has 2 aromatic rings. The van der Waals surface area contributed by atoms with Crippen molar-refractivity contribution in [3.8, 4) is 12.3 Å². The van der Waals surface area contributed by atoms with Gasteiger partial charge in [-0.15, -0.1) is 16.6 Å². The fourth-order valence-corrected chi connectivity index (χ4v) is 5.40. The normalized spacial score (nSPS) is 15.5. The molecule has 10 nitrogen and oxygen atoms in total. The molecule has 1 aliphatic rings. The molecule has 3 rings (SSSR count). The zero-order chi connectivity index (χ0) is 25.3. The molecule has 0 spiro atoms. The van der Waals surface area contributed by atoms with E-state index in [0.29, 0.717) is 45.0 Å². The number of nitrogen functional groups attached to an aromatic ring is 1. The van der Waals surface area contributed by atoms with Crippen LogP contribution in [0.15, 0.2) is 34.5 Å². The molecule has 0 aliphatic carbocycles. The minimum Gasteiger partial charge on any atom is -0.404 e. The number of nitrogens with two attached hydrogens (primary N) is 2. The minimum absolute atomic E-state index is 0.172. The van der Waals surface area contributed by atoms with Crippen LogP contribution in [0.2, 0.25) is 0 Å². The van der Waals surface area contributed by atoms with E-state index in [9.17, 15) is 8.42 Å². The number of nitrogens with zero attached hydrogens (tertiary/aromatic N) is 5. The third-order valence-corrected chi connectivity index (χ3v) is 6.98. The van der Waals surface area contributed by atoms with Crippen LogP contribution in [0.1, 0.15) is 30.0 Å². The third kappa shape index (κ3) is 8.47. The largest absolute Gasteiger partial charge is 0.404 e. The Morgan fingerprint density at radius 2 is 2.11 bits per heavy atom. The van der Waals surface area contributed by atoms with Crippen LogP contribution in [0.25, 0.3) is 6.08 Å². The van der Waals surface area contributed by atoms with E-state index in [2.05, 4.69) is 36.3 Å². The molecule has 0 unspecified atom stereocenters. The lowest BCUT2D eigenvalue weighted by Gasteiger charge is -2.12. The van der Waals surface area contributed by atoms with Crippen molar-refractivity contribution in [2.45, 2.75) is 25.0 Å². The van der Waals surface area contributed by atoms with Crippen molar-refractivity contribution in [3.63, 3.8) is 0 Å². The lowest BCUT2D eigenvalue weighted by atomic mass is 10.1. The maximum atomic E-state index is 11.5. The summed E-state index contributed by atoms with van der Waals surface area (Å²) in [7, 11) is -3.20. The Balaban J connectivity index is 1.68. The molecular formula is C23H30N8O2S2. The summed E-state index contributed by atoms with van der Waals surface area (Å²) in [6.07, 6.45) is 15.2. The van der Waals surface area contributed by atoms with Gasteiger partial charge in [0.25, 0.3) is 0 Å². The fraction of sp³-hybridized carbons (Fsp3) is 0.391. The monoisotopic (exact) mass is 514 g/mol. The minimum atomic E-state index is -3.20. The Morgan fingerprint density at radius 1 is 1.34 bits per heavy atom. The molecule has 35 heavy (non-hydrogen) atoms. The molecule has 186 valence electrons. The molecule has 0 bridgehead atoms. The first-order valence-corrected chi connectivity index (χ1v) is 14.0. The topological polar surface area (TPSA) is 152 Å². The number of hydrogen-bond donors (Lipinski definition) is 3. The maximum absolute atomic E-state index is 11.5. The number of rotatable bonds is 11. The van der Waals surface area contributed by atoms with Gasteiger partial charge < -0.3 is 21.7 Å². The molecule has 1 fully saturated rings. The first kappa shape index (κ1) is 26.3. The van der Waals surface area contributed by atoms with Gasteiger partial charge in [0, 0.05) is 36.4 Å². The average Bonchev–Trinajstić information content (AvgIpc) is 3.48. The summed E-state index contributed by atoms with van der Waals surface area (Å²) in [5.74, 6) is 2.91. The van der Waals surface area contributed by atoms with Gasteiger partial charge in [-0.2, -0.15) is 0 Å². The Labute approximate surface area is 210 Å². The number of hydrogen-bond acceptors (Lipinski definition) is 11. The Morgan fingerprint density at radius 3 is 2.80 bits per heavy atom. The average molecular weight is 515 g/mol. The Kier molecular flexibility index (Phi) is 9.36. The van der Waals surface area contributed by atoms with E-state index in [1.165, 1.54) is 32.1 Å². The predicted molar refractivity (Wildman–Crippen MR) is 143 cm³/mol. The maximum Gasteiger partial charge on any atom is 0.211 e. The predicted octanol–water partition coefficient (Wildman–Crippen LogP) is 2.22. The standard InChI is InChI=1S/C23H30N8O2S2/c1-3-17(18(14-24)15-26-9-6-12-31-10-4-5-11-31)13-20-19(25)7-8-21(27-20)28-23-30-29-22(34-23)16-35(2,32)33/h1,7-8,13-15H,4-6,9-12,16,24-25H2,2H3,(H,27,28,30). The first-order valence-electron chi connectivity index (χ1n) is 11.1. The highest BCUT2D eigenvalue weighted by Crippen LogP contribution is 2.24. The molecule has 0 amide bonds. The highest BCUT2D eigenvalue weighted by atomic mass is 32.2. The van der Waals surface area contributed by atoms with Crippen molar-refractivity contribution >= 4 is 50.1 Å². The molecule has 5 N–H and O–H groups in total. The zero-order valence-electron chi connectivity index (χ0n) is 19.6. The van der Waals surface area contributed by atoms with E-state index in [0.717, 1.165) is 30.6 Å². The third-order valence-electron chi connectivity index (χ3n) is 5.16. The molecule has 2 aromatic heterocycles. The van der Waals surface area contributed by atoms with Gasteiger partial charge in [0.15, 0.2) is 9.84 Å². The lowest BCUT2D eigenvalue weighted by molar-refractivity contribution is 0.336. The van der Waals surface area contributed by atoms with Crippen molar-refractivity contribution in [1.82, 2.24) is 20.1 Å². The Hall–Kier alpha value is -3.27. The smallest absolute Gasteiger partial charge is 0.211 e. The molecule has 0 radical (unpaired) electrons. The van der Waals surface area contributed by atoms with Crippen LogP contribution in [0, 0.1) is 12.3 Å². The number of allylic oxidation sites excluding steroid dienone is 2. The molecular weight excluding hydrogens is 484 g/mol. The second-order valence-electron chi connectivity index (χ2n) is 8.13. The summed E-state index contributed by atoms with van der Waals surface area (Å²) in [6, 6.07) is 3.37. The molecule has 12 heteroatoms. The van der Waals surface area contributed by atoms with E-state index in [4.69, 9.17) is 17.9 Å². The van der Waals surface area contributed by atoms with Gasteiger partial charge in [0.2, 0.25) is 5.13 Å². The van der Waals surface area contributed by atoms with Gasteiger partial charge in [0.1, 0.15) is 16.6 Å². The lowest BCUT2D eigenvalue weighted by Crippen LogP contribution is -2.20. The fourth-order valence-electron chi connectivity index (χ4n) is 3.47. The van der Waals surface area contributed by atoms with Crippen LogP contribution in [-0.4, -0.2) is 67.1 Å². The van der Waals surface area contributed by atoms with Gasteiger partial charge in [-0.1, -0.05) is 17.3 Å². The summed E-state index contributed by atoms with van der Waals surface area (Å²) in [5, 5.41) is 11.7. The van der Waals surface area contributed by atoms with E-state index < -0.39 is 9.84 Å². The van der Waals surface area contributed by atoms with Gasteiger partial charge in [0.05, 0.1) is 11.4 Å². The van der Waals surface area contributed by atoms with E-state index >= 15 is 0 Å². The number of aromatic nitrogens is 3. The number of nitrogens with one attached hydrogen (secondary N) is 1. The van der Waals surface area contributed by atoms with Gasteiger partial charge in [-0.25, -0.2) is 13.4 Å². The van der Waals surface area contributed by atoms with Crippen molar-refractivity contribution in [1.29, 1.82) is 0 Å². The summed E-state index contributed by atoms with van der Waals surface area (Å²) >= 11 is 1.13. The number of pyridine rings is 1. The molecule has 0 aromatic carbocycles. The number of terminal acetylenes is 1. The Bertz CT molecular complexity index is 1250. The SMILES string of the molecule is C#CC(=Cc1nc(Nc2nnc(CS(C)(=O)=O)s2)ccc1N)C(C=NCCCN1CCCC1)=CN. The summed E-state index contributed by atoms with van der Waals surface area (Å²) in [4.78, 5) is 11.4. The van der Waals surface area contributed by atoms with Crippen LogP contribution in [0.5, 0.6) is 0 Å². The number of aliphatic imine (C=N–C) groups is 1. The summed E-state index contributed by atoms with van der Waals surface area (Å²) in [6.45, 7) is 4.08. The molecule has 1 aliphatic heterocycles. The van der Waals surface area contributed by atoms with Crippen molar-refractivity contribution in [2.24, 2.45) is 10.7 Å².